The summed E-state index contributed by atoms with van der Waals surface area (Å²) < 4.78 is 10.9. The average molecular weight is 184 g/mol. The first-order valence-electron chi connectivity index (χ1n) is 5.39. The molecule has 1 saturated heterocycles. The Bertz CT molecular complexity index is 160. The Kier molecular flexibility index (Phi) is 2.61. The standard InChI is InChI=1S/C11H20O2/c1-11(2)5-3-9(4-6-11)12-7-10-8-13-10/h9-10H,3-8H2,1-2H3/t10-/m1/s1. The van der Waals surface area contributed by atoms with Gasteiger partial charge >= 0.3 is 0 Å². The Labute approximate surface area is 80.6 Å². The van der Waals surface area contributed by atoms with Crippen LogP contribution in [0, 0.1) is 5.41 Å². The van der Waals surface area contributed by atoms with E-state index < -0.39 is 0 Å². The molecule has 1 heterocycles. The van der Waals surface area contributed by atoms with E-state index in [9.17, 15) is 0 Å². The number of hydrogen-bond acceptors (Lipinski definition) is 2. The molecule has 2 fully saturated rings. The molecule has 2 rings (SSSR count). The van der Waals surface area contributed by atoms with Gasteiger partial charge < -0.3 is 9.47 Å². The van der Waals surface area contributed by atoms with Crippen molar-refractivity contribution in [2.45, 2.75) is 51.7 Å². The zero-order chi connectivity index (χ0) is 9.31. The molecule has 0 aromatic rings. The average Bonchev–Trinajstić information content (AvgIpc) is 2.86. The molecule has 1 aliphatic carbocycles. The summed E-state index contributed by atoms with van der Waals surface area (Å²) >= 11 is 0. The van der Waals surface area contributed by atoms with Crippen LogP contribution in [-0.4, -0.2) is 25.4 Å². The van der Waals surface area contributed by atoms with E-state index in [1.807, 2.05) is 0 Å². The largest absolute Gasteiger partial charge is 0.375 e. The topological polar surface area (TPSA) is 21.8 Å². The minimum absolute atomic E-state index is 0.426. The van der Waals surface area contributed by atoms with Gasteiger partial charge in [0.05, 0.1) is 19.3 Å². The summed E-state index contributed by atoms with van der Waals surface area (Å²) in [4.78, 5) is 0. The van der Waals surface area contributed by atoms with Gasteiger partial charge in [0.15, 0.2) is 0 Å². The Hall–Kier alpha value is -0.0800. The third kappa shape index (κ3) is 2.96. The van der Waals surface area contributed by atoms with Crippen molar-refractivity contribution < 1.29 is 9.47 Å². The number of ether oxygens (including phenoxy) is 2. The summed E-state index contributed by atoms with van der Waals surface area (Å²) in [6.07, 6.45) is 6.03. The van der Waals surface area contributed by atoms with Gasteiger partial charge in [0, 0.05) is 0 Å². The van der Waals surface area contributed by atoms with Crippen LogP contribution in [0.4, 0.5) is 0 Å². The highest BCUT2D eigenvalue weighted by molar-refractivity contribution is 4.79. The highest BCUT2D eigenvalue weighted by atomic mass is 16.6. The number of epoxide rings is 1. The highest BCUT2D eigenvalue weighted by Crippen LogP contribution is 2.36. The maximum Gasteiger partial charge on any atom is 0.104 e. The fourth-order valence-electron chi connectivity index (χ4n) is 1.95. The predicted molar refractivity (Wildman–Crippen MR) is 51.7 cm³/mol. The van der Waals surface area contributed by atoms with Gasteiger partial charge in [-0.05, 0) is 31.1 Å². The van der Waals surface area contributed by atoms with Crippen LogP contribution in [0.15, 0.2) is 0 Å². The van der Waals surface area contributed by atoms with E-state index in [4.69, 9.17) is 9.47 Å². The highest BCUT2D eigenvalue weighted by Gasteiger charge is 2.29. The third-order valence-electron chi connectivity index (χ3n) is 3.21. The molecule has 2 aliphatic rings. The maximum absolute atomic E-state index is 5.78. The molecule has 2 nitrogen and oxygen atoms in total. The Balaban J connectivity index is 1.65. The Morgan fingerprint density at radius 2 is 1.92 bits per heavy atom. The summed E-state index contributed by atoms with van der Waals surface area (Å²) in [6, 6.07) is 0. The van der Waals surface area contributed by atoms with Crippen molar-refractivity contribution in [3.63, 3.8) is 0 Å². The fourth-order valence-corrected chi connectivity index (χ4v) is 1.95. The lowest BCUT2D eigenvalue weighted by Crippen LogP contribution is -2.27. The minimum atomic E-state index is 0.426. The summed E-state index contributed by atoms with van der Waals surface area (Å²) in [6.45, 7) is 6.45. The van der Waals surface area contributed by atoms with Crippen LogP contribution >= 0.6 is 0 Å². The van der Waals surface area contributed by atoms with Gasteiger partial charge in [-0.25, -0.2) is 0 Å². The van der Waals surface area contributed by atoms with Gasteiger partial charge in [-0.3, -0.25) is 0 Å². The second-order valence-electron chi connectivity index (χ2n) is 5.15. The fraction of sp³-hybridized carbons (Fsp3) is 1.00. The lowest BCUT2D eigenvalue weighted by Gasteiger charge is -2.34. The molecule has 0 spiro atoms. The molecule has 0 radical (unpaired) electrons. The van der Waals surface area contributed by atoms with E-state index in [1.165, 1.54) is 25.7 Å². The number of rotatable bonds is 3. The summed E-state index contributed by atoms with van der Waals surface area (Å²) in [5.41, 5.74) is 0.552. The molecular formula is C11H20O2. The SMILES string of the molecule is CC1(C)CCC(OC[C@@H]2CO2)CC1. The Morgan fingerprint density at radius 3 is 2.46 bits per heavy atom. The molecule has 1 saturated carbocycles. The maximum atomic E-state index is 5.78. The van der Waals surface area contributed by atoms with Crippen LogP contribution in [0.2, 0.25) is 0 Å². The number of hydrogen-bond donors (Lipinski definition) is 0. The second-order valence-corrected chi connectivity index (χ2v) is 5.15. The van der Waals surface area contributed by atoms with E-state index in [0.717, 1.165) is 13.2 Å². The summed E-state index contributed by atoms with van der Waals surface area (Å²) in [7, 11) is 0. The van der Waals surface area contributed by atoms with Gasteiger partial charge in [-0.15, -0.1) is 0 Å². The van der Waals surface area contributed by atoms with E-state index in [2.05, 4.69) is 13.8 Å². The van der Waals surface area contributed by atoms with Gasteiger partial charge in [0.25, 0.3) is 0 Å². The van der Waals surface area contributed by atoms with Crippen LogP contribution in [0.5, 0.6) is 0 Å². The first-order valence-corrected chi connectivity index (χ1v) is 5.39. The van der Waals surface area contributed by atoms with Crippen molar-refractivity contribution >= 4 is 0 Å². The van der Waals surface area contributed by atoms with Gasteiger partial charge in [-0.1, -0.05) is 13.8 Å². The monoisotopic (exact) mass is 184 g/mol. The molecule has 0 bridgehead atoms. The first kappa shape index (κ1) is 9.47. The second kappa shape index (κ2) is 3.58. The van der Waals surface area contributed by atoms with E-state index in [1.54, 1.807) is 0 Å². The van der Waals surface area contributed by atoms with Crippen LogP contribution < -0.4 is 0 Å². The molecule has 0 N–H and O–H groups in total. The summed E-state index contributed by atoms with van der Waals surface area (Å²) in [5.74, 6) is 0. The molecule has 13 heavy (non-hydrogen) atoms. The smallest absolute Gasteiger partial charge is 0.104 e. The van der Waals surface area contributed by atoms with Crippen molar-refractivity contribution in [1.29, 1.82) is 0 Å². The zero-order valence-corrected chi connectivity index (χ0v) is 8.71. The molecule has 0 aromatic carbocycles. The van der Waals surface area contributed by atoms with Crippen molar-refractivity contribution in [1.82, 2.24) is 0 Å². The normalized spacial score (nSPS) is 33.2. The molecule has 0 unspecified atom stereocenters. The van der Waals surface area contributed by atoms with Gasteiger partial charge in [0.2, 0.25) is 0 Å². The lowest BCUT2D eigenvalue weighted by molar-refractivity contribution is -0.00210. The van der Waals surface area contributed by atoms with Gasteiger partial charge in [0.1, 0.15) is 6.10 Å². The molecule has 0 amide bonds. The first-order chi connectivity index (χ1) is 6.16. The molecule has 0 aromatic heterocycles. The summed E-state index contributed by atoms with van der Waals surface area (Å²) in [5, 5.41) is 0. The van der Waals surface area contributed by atoms with Crippen molar-refractivity contribution in [2.24, 2.45) is 5.41 Å². The van der Waals surface area contributed by atoms with E-state index in [0.29, 0.717) is 17.6 Å². The van der Waals surface area contributed by atoms with Crippen LogP contribution in [-0.2, 0) is 9.47 Å². The molecule has 1 aliphatic heterocycles. The van der Waals surface area contributed by atoms with Gasteiger partial charge in [-0.2, -0.15) is 0 Å². The predicted octanol–water partition coefficient (Wildman–Crippen LogP) is 2.37. The van der Waals surface area contributed by atoms with Crippen molar-refractivity contribution in [3.05, 3.63) is 0 Å². The van der Waals surface area contributed by atoms with Crippen LogP contribution in [0.1, 0.15) is 39.5 Å². The van der Waals surface area contributed by atoms with Crippen LogP contribution in [0.3, 0.4) is 0 Å². The Morgan fingerprint density at radius 1 is 1.31 bits per heavy atom. The molecule has 2 heteroatoms. The zero-order valence-electron chi connectivity index (χ0n) is 8.71. The molecule has 76 valence electrons. The van der Waals surface area contributed by atoms with E-state index >= 15 is 0 Å². The quantitative estimate of drug-likeness (QED) is 0.628. The van der Waals surface area contributed by atoms with Crippen molar-refractivity contribution in [2.75, 3.05) is 13.2 Å². The lowest BCUT2D eigenvalue weighted by atomic mass is 9.76. The van der Waals surface area contributed by atoms with Crippen LogP contribution in [0.25, 0.3) is 0 Å². The molecular weight excluding hydrogens is 164 g/mol. The molecule has 1 atom stereocenters. The van der Waals surface area contributed by atoms with E-state index in [-0.39, 0.29) is 0 Å². The third-order valence-corrected chi connectivity index (χ3v) is 3.21. The minimum Gasteiger partial charge on any atom is -0.375 e. The van der Waals surface area contributed by atoms with Crippen molar-refractivity contribution in [3.8, 4) is 0 Å².